The number of unbranched alkanes of at least 4 members (excludes halogenated alkanes) is 2. The van der Waals surface area contributed by atoms with Gasteiger partial charge in [-0.15, -0.1) is 0 Å². The van der Waals surface area contributed by atoms with Crippen LogP contribution in [-0.4, -0.2) is 30.1 Å². The van der Waals surface area contributed by atoms with E-state index >= 15 is 0 Å². The first-order valence-electron chi connectivity index (χ1n) is 10.2. The number of carbonyl (C=O) groups is 3. The zero-order valence-electron chi connectivity index (χ0n) is 17.7. The first-order valence-corrected chi connectivity index (χ1v) is 10.2. The summed E-state index contributed by atoms with van der Waals surface area (Å²) in [6.07, 6.45) is 3.86. The number of ether oxygens (including phenoxy) is 1. The Bertz CT molecular complexity index is 887. The Hall–Kier alpha value is -3.15. The number of carboxylic acid groups (broad SMARTS) is 1. The molecule has 0 saturated heterocycles. The summed E-state index contributed by atoms with van der Waals surface area (Å²) in [4.78, 5) is 35.0. The summed E-state index contributed by atoms with van der Waals surface area (Å²) in [6.45, 7) is 4.01. The van der Waals surface area contributed by atoms with Crippen molar-refractivity contribution in [2.45, 2.75) is 51.9 Å². The van der Waals surface area contributed by atoms with E-state index in [1.807, 2.05) is 26.0 Å². The number of carbonyl (C=O) groups excluding carboxylic acids is 2. The van der Waals surface area contributed by atoms with E-state index in [-0.39, 0.29) is 23.4 Å². The smallest absolute Gasteiger partial charge is 0.337 e. The Labute approximate surface area is 177 Å². The number of carboxylic acids is 1. The Kier molecular flexibility index (Phi) is 8.59. The molecule has 30 heavy (non-hydrogen) atoms. The molecule has 2 rings (SSSR count). The predicted molar refractivity (Wildman–Crippen MR) is 116 cm³/mol. The molecule has 0 spiro atoms. The minimum Gasteiger partial charge on any atom is -0.478 e. The molecule has 0 fully saturated rings. The maximum atomic E-state index is 12.3. The Morgan fingerprint density at radius 2 is 1.63 bits per heavy atom. The number of amides is 1. The van der Waals surface area contributed by atoms with Crippen molar-refractivity contribution in [1.29, 1.82) is 0 Å². The number of aromatic carboxylic acids is 1. The van der Waals surface area contributed by atoms with Gasteiger partial charge < -0.3 is 15.2 Å². The number of esters is 1. The minimum absolute atomic E-state index is 0.109. The Balaban J connectivity index is 1.79. The largest absolute Gasteiger partial charge is 0.478 e. The number of methoxy groups -OCH3 is 1. The first-order chi connectivity index (χ1) is 14.3. The van der Waals surface area contributed by atoms with E-state index in [2.05, 4.69) is 10.1 Å². The molecule has 0 aliphatic heterocycles. The van der Waals surface area contributed by atoms with Crippen LogP contribution in [0.1, 0.15) is 77.3 Å². The van der Waals surface area contributed by atoms with Crippen molar-refractivity contribution in [3.63, 3.8) is 0 Å². The van der Waals surface area contributed by atoms with Gasteiger partial charge in [-0.2, -0.15) is 0 Å². The molecule has 0 unspecified atom stereocenters. The van der Waals surface area contributed by atoms with E-state index in [1.54, 1.807) is 24.3 Å². The van der Waals surface area contributed by atoms with Gasteiger partial charge in [0.05, 0.1) is 18.2 Å². The second-order valence-electron chi connectivity index (χ2n) is 7.56. The van der Waals surface area contributed by atoms with Gasteiger partial charge in [-0.05, 0) is 60.6 Å². The van der Waals surface area contributed by atoms with Crippen LogP contribution in [0.2, 0.25) is 0 Å². The van der Waals surface area contributed by atoms with Crippen LogP contribution in [-0.2, 0) is 16.0 Å². The van der Waals surface area contributed by atoms with Gasteiger partial charge >= 0.3 is 11.9 Å². The van der Waals surface area contributed by atoms with Crippen LogP contribution < -0.4 is 5.32 Å². The topological polar surface area (TPSA) is 92.7 Å². The molecule has 2 N–H and O–H groups in total. The lowest BCUT2D eigenvalue weighted by molar-refractivity contribution is -0.116. The van der Waals surface area contributed by atoms with Crippen LogP contribution in [0.15, 0.2) is 42.5 Å². The number of nitrogens with one attached hydrogen (secondary N) is 1. The van der Waals surface area contributed by atoms with Crippen molar-refractivity contribution >= 4 is 23.5 Å². The number of anilines is 1. The van der Waals surface area contributed by atoms with E-state index in [9.17, 15) is 19.5 Å². The van der Waals surface area contributed by atoms with E-state index < -0.39 is 5.97 Å². The summed E-state index contributed by atoms with van der Waals surface area (Å²) in [6, 6.07) is 12.2. The lowest BCUT2D eigenvalue weighted by Crippen LogP contribution is -2.14. The van der Waals surface area contributed by atoms with Crippen LogP contribution in [0.5, 0.6) is 0 Å². The molecule has 2 aromatic rings. The van der Waals surface area contributed by atoms with Gasteiger partial charge in [0.2, 0.25) is 5.91 Å². The number of benzene rings is 2. The van der Waals surface area contributed by atoms with Crippen LogP contribution in [0.4, 0.5) is 5.69 Å². The zero-order valence-corrected chi connectivity index (χ0v) is 17.7. The SMILES string of the molecule is COC(=O)c1ccc(CCCCCC(=O)Nc2cc(C(=O)O)ccc2C(C)C)cc1. The van der Waals surface area contributed by atoms with Crippen molar-refractivity contribution < 1.29 is 24.2 Å². The average molecular weight is 411 g/mol. The number of rotatable bonds is 10. The molecule has 0 aliphatic carbocycles. The van der Waals surface area contributed by atoms with Crippen molar-refractivity contribution in [3.8, 4) is 0 Å². The normalized spacial score (nSPS) is 10.7. The van der Waals surface area contributed by atoms with Gasteiger partial charge in [0, 0.05) is 12.1 Å². The third-order valence-electron chi connectivity index (χ3n) is 4.94. The third-order valence-corrected chi connectivity index (χ3v) is 4.94. The van der Waals surface area contributed by atoms with E-state index in [4.69, 9.17) is 0 Å². The standard InChI is InChI=1S/C24H29NO5/c1-16(2)20-14-13-19(23(27)28)15-21(20)25-22(26)8-6-4-5-7-17-9-11-18(12-10-17)24(29)30-3/h9-16H,4-8H2,1-3H3,(H,25,26)(H,27,28). The van der Waals surface area contributed by atoms with Gasteiger partial charge in [0.15, 0.2) is 0 Å². The Morgan fingerprint density at radius 1 is 0.967 bits per heavy atom. The number of hydrogen-bond donors (Lipinski definition) is 2. The van der Waals surface area contributed by atoms with Gasteiger partial charge in [-0.1, -0.05) is 38.5 Å². The molecule has 0 atom stereocenters. The van der Waals surface area contributed by atoms with E-state index in [0.717, 1.165) is 36.8 Å². The fraction of sp³-hybridized carbons (Fsp3) is 0.375. The van der Waals surface area contributed by atoms with Gasteiger partial charge in [0.1, 0.15) is 0 Å². The fourth-order valence-corrected chi connectivity index (χ4v) is 3.23. The fourth-order valence-electron chi connectivity index (χ4n) is 3.23. The molecule has 1 amide bonds. The summed E-state index contributed by atoms with van der Waals surface area (Å²) in [5, 5.41) is 12.1. The molecule has 0 aromatic heterocycles. The van der Waals surface area contributed by atoms with Crippen molar-refractivity contribution in [1.82, 2.24) is 0 Å². The maximum Gasteiger partial charge on any atom is 0.337 e. The zero-order chi connectivity index (χ0) is 22.1. The molecule has 0 saturated carbocycles. The van der Waals surface area contributed by atoms with Crippen molar-refractivity contribution in [2.75, 3.05) is 12.4 Å². The average Bonchev–Trinajstić information content (AvgIpc) is 2.73. The lowest BCUT2D eigenvalue weighted by atomic mass is 9.99. The van der Waals surface area contributed by atoms with Crippen molar-refractivity contribution in [3.05, 3.63) is 64.7 Å². The quantitative estimate of drug-likeness (QED) is 0.422. The second kappa shape index (κ2) is 11.1. The van der Waals surface area contributed by atoms with Gasteiger partial charge in [0.25, 0.3) is 0 Å². The van der Waals surface area contributed by atoms with Crippen LogP contribution >= 0.6 is 0 Å². The highest BCUT2D eigenvalue weighted by atomic mass is 16.5. The minimum atomic E-state index is -1.01. The van der Waals surface area contributed by atoms with E-state index in [0.29, 0.717) is 17.7 Å². The molecular weight excluding hydrogens is 382 g/mol. The van der Waals surface area contributed by atoms with Gasteiger partial charge in [-0.3, -0.25) is 4.79 Å². The summed E-state index contributed by atoms with van der Waals surface area (Å²) in [7, 11) is 1.36. The predicted octanol–water partition coefficient (Wildman–Crippen LogP) is 5.04. The highest BCUT2D eigenvalue weighted by Gasteiger charge is 2.13. The molecule has 6 nitrogen and oxygen atoms in total. The molecule has 0 aliphatic rings. The monoisotopic (exact) mass is 411 g/mol. The number of aryl methyl sites for hydroxylation is 1. The summed E-state index contributed by atoms with van der Waals surface area (Å²) < 4.78 is 4.69. The van der Waals surface area contributed by atoms with Gasteiger partial charge in [-0.25, -0.2) is 9.59 Å². The van der Waals surface area contributed by atoms with Crippen LogP contribution in [0, 0.1) is 0 Å². The third kappa shape index (κ3) is 6.72. The Morgan fingerprint density at radius 3 is 2.23 bits per heavy atom. The molecule has 0 heterocycles. The molecule has 160 valence electrons. The second-order valence-corrected chi connectivity index (χ2v) is 7.56. The molecule has 0 radical (unpaired) electrons. The summed E-state index contributed by atoms with van der Waals surface area (Å²) in [5.74, 6) is -1.29. The van der Waals surface area contributed by atoms with E-state index in [1.165, 1.54) is 13.2 Å². The molecule has 0 bridgehead atoms. The molecule has 2 aromatic carbocycles. The summed E-state index contributed by atoms with van der Waals surface area (Å²) >= 11 is 0. The highest BCUT2D eigenvalue weighted by Crippen LogP contribution is 2.26. The van der Waals surface area contributed by atoms with Crippen LogP contribution in [0.25, 0.3) is 0 Å². The molecule has 6 heteroatoms. The first kappa shape index (κ1) is 23.1. The van der Waals surface area contributed by atoms with Crippen LogP contribution in [0.3, 0.4) is 0 Å². The number of hydrogen-bond acceptors (Lipinski definition) is 4. The maximum absolute atomic E-state index is 12.3. The highest BCUT2D eigenvalue weighted by molar-refractivity contribution is 5.95. The molecular formula is C24H29NO5. The lowest BCUT2D eigenvalue weighted by Gasteiger charge is -2.14. The van der Waals surface area contributed by atoms with Crippen molar-refractivity contribution in [2.24, 2.45) is 0 Å². The summed E-state index contributed by atoms with van der Waals surface area (Å²) in [5.41, 5.74) is 3.32.